The maximum Gasteiger partial charge on any atom is 0.412 e. The molecular weight excluding hydrogens is 455 g/mol. The van der Waals surface area contributed by atoms with Gasteiger partial charge in [0.05, 0.1) is 7.11 Å². The Morgan fingerprint density at radius 2 is 1.85 bits per heavy atom. The van der Waals surface area contributed by atoms with Crippen molar-refractivity contribution in [2.24, 2.45) is 0 Å². The summed E-state index contributed by atoms with van der Waals surface area (Å²) in [4.78, 5) is 50.3. The fourth-order valence-corrected chi connectivity index (χ4v) is 4.08. The fraction of sp³-hybridized carbons (Fsp3) is 0.304. The third-order valence-electron chi connectivity index (χ3n) is 5.84. The van der Waals surface area contributed by atoms with Crippen molar-refractivity contribution in [2.45, 2.75) is 37.6 Å². The van der Waals surface area contributed by atoms with E-state index < -0.39 is 41.9 Å². The maximum absolute atomic E-state index is 13.7. The van der Waals surface area contributed by atoms with Crippen molar-refractivity contribution in [1.29, 1.82) is 0 Å². The van der Waals surface area contributed by atoms with Crippen molar-refractivity contribution in [1.82, 2.24) is 15.5 Å². The van der Waals surface area contributed by atoms with Gasteiger partial charge in [0, 0.05) is 24.1 Å². The van der Waals surface area contributed by atoms with Crippen LogP contribution in [0.3, 0.4) is 0 Å². The van der Waals surface area contributed by atoms with Crippen LogP contribution in [0, 0.1) is 0 Å². The van der Waals surface area contributed by atoms with E-state index in [1.165, 1.54) is 54.5 Å². The molecule has 0 aromatic heterocycles. The van der Waals surface area contributed by atoms with E-state index in [9.17, 15) is 32.3 Å². The number of carbonyl (C=O) groups is 4. The number of methoxy groups -OCH3 is 1. The fourth-order valence-electron chi connectivity index (χ4n) is 4.08. The van der Waals surface area contributed by atoms with E-state index >= 15 is 0 Å². The summed E-state index contributed by atoms with van der Waals surface area (Å²) in [6.07, 6.45) is -4.49. The summed E-state index contributed by atoms with van der Waals surface area (Å²) < 4.78 is 46.1. The summed E-state index contributed by atoms with van der Waals surface area (Å²) in [7, 11) is 1.39. The summed E-state index contributed by atoms with van der Waals surface area (Å²) in [5.74, 6) is -2.03. The molecule has 1 fully saturated rings. The van der Waals surface area contributed by atoms with Gasteiger partial charge in [-0.05, 0) is 47.9 Å². The van der Waals surface area contributed by atoms with Crippen LogP contribution in [0.2, 0.25) is 0 Å². The highest BCUT2D eigenvalue weighted by atomic mass is 19.4. The lowest BCUT2D eigenvalue weighted by Gasteiger charge is -2.29. The van der Waals surface area contributed by atoms with Crippen molar-refractivity contribution in [3.05, 3.63) is 64.7 Å². The summed E-state index contributed by atoms with van der Waals surface area (Å²) in [5, 5.41) is 4.20. The number of hydrogen-bond donors (Lipinski definition) is 2. The third kappa shape index (κ3) is 4.45. The summed E-state index contributed by atoms with van der Waals surface area (Å²) in [6.45, 7) is 0.00272. The van der Waals surface area contributed by atoms with Crippen LogP contribution >= 0.6 is 0 Å². The topological polar surface area (TPSA) is 105 Å². The van der Waals surface area contributed by atoms with E-state index in [1.807, 2.05) is 5.32 Å². The molecule has 0 saturated carbocycles. The van der Waals surface area contributed by atoms with E-state index in [0.717, 1.165) is 0 Å². The lowest BCUT2D eigenvalue weighted by molar-refractivity contribution is -0.155. The minimum Gasteiger partial charge on any atom is -0.497 e. The first-order chi connectivity index (χ1) is 16.1. The van der Waals surface area contributed by atoms with E-state index in [-0.39, 0.29) is 36.1 Å². The quantitative estimate of drug-likeness (QED) is 0.647. The third-order valence-corrected chi connectivity index (χ3v) is 5.84. The van der Waals surface area contributed by atoms with Gasteiger partial charge in [0.2, 0.25) is 11.8 Å². The van der Waals surface area contributed by atoms with Gasteiger partial charge < -0.3 is 15.0 Å². The SMILES string of the molecule is COc1ccc([C@@H](NC(=O)c2ccc3c(c2)CN(C2CCC(=O)NC2=O)C3=O)C(F)(F)F)cc1. The van der Waals surface area contributed by atoms with Crippen LogP contribution in [-0.4, -0.2) is 47.9 Å². The molecule has 0 spiro atoms. The number of carbonyl (C=O) groups excluding carboxylic acids is 4. The van der Waals surface area contributed by atoms with Crippen molar-refractivity contribution in [3.63, 3.8) is 0 Å². The number of hydrogen-bond acceptors (Lipinski definition) is 5. The molecule has 1 unspecified atom stereocenters. The van der Waals surface area contributed by atoms with Crippen molar-refractivity contribution >= 4 is 23.6 Å². The summed E-state index contributed by atoms with van der Waals surface area (Å²) >= 11 is 0. The Morgan fingerprint density at radius 1 is 1.15 bits per heavy atom. The zero-order chi connectivity index (χ0) is 24.6. The van der Waals surface area contributed by atoms with Crippen LogP contribution in [0.4, 0.5) is 13.2 Å². The minimum atomic E-state index is -4.75. The molecular formula is C23H20F3N3O5. The second-order valence-corrected chi connectivity index (χ2v) is 7.99. The van der Waals surface area contributed by atoms with Crippen LogP contribution < -0.4 is 15.4 Å². The van der Waals surface area contributed by atoms with Crippen LogP contribution in [0.25, 0.3) is 0 Å². The van der Waals surface area contributed by atoms with Gasteiger partial charge in [0.25, 0.3) is 11.8 Å². The molecule has 0 radical (unpaired) electrons. The molecule has 2 aliphatic heterocycles. The van der Waals surface area contributed by atoms with Crippen LogP contribution in [0.5, 0.6) is 5.75 Å². The Morgan fingerprint density at radius 3 is 2.47 bits per heavy atom. The van der Waals surface area contributed by atoms with E-state index in [0.29, 0.717) is 11.3 Å². The molecule has 0 bridgehead atoms. The van der Waals surface area contributed by atoms with Gasteiger partial charge in [0.1, 0.15) is 11.8 Å². The zero-order valence-corrected chi connectivity index (χ0v) is 17.9. The number of fused-ring (bicyclic) bond motifs is 1. The zero-order valence-electron chi connectivity index (χ0n) is 17.9. The molecule has 2 atom stereocenters. The average molecular weight is 475 g/mol. The molecule has 2 aromatic carbocycles. The highest BCUT2D eigenvalue weighted by Gasteiger charge is 2.43. The maximum atomic E-state index is 13.7. The predicted octanol–water partition coefficient (Wildman–Crippen LogP) is 2.49. The van der Waals surface area contributed by atoms with Crippen molar-refractivity contribution in [2.75, 3.05) is 7.11 Å². The number of ether oxygens (including phenoxy) is 1. The lowest BCUT2D eigenvalue weighted by atomic mass is 10.0. The van der Waals surface area contributed by atoms with Gasteiger partial charge in [-0.3, -0.25) is 24.5 Å². The van der Waals surface area contributed by atoms with E-state index in [4.69, 9.17) is 4.74 Å². The highest BCUT2D eigenvalue weighted by Crippen LogP contribution is 2.34. The van der Waals surface area contributed by atoms with E-state index in [1.54, 1.807) is 0 Å². The molecule has 1 saturated heterocycles. The Kier molecular flexibility index (Phi) is 6.03. The number of piperidine rings is 1. The molecule has 2 N–H and O–H groups in total. The molecule has 2 heterocycles. The Labute approximate surface area is 192 Å². The summed E-state index contributed by atoms with van der Waals surface area (Å²) in [6, 6.07) is 6.05. The molecule has 34 heavy (non-hydrogen) atoms. The summed E-state index contributed by atoms with van der Waals surface area (Å²) in [5.41, 5.74) is 0.445. The molecule has 11 heteroatoms. The molecule has 0 aliphatic carbocycles. The van der Waals surface area contributed by atoms with Gasteiger partial charge in [-0.2, -0.15) is 13.2 Å². The normalized spacial score (nSPS) is 18.9. The Bertz CT molecular complexity index is 1160. The minimum absolute atomic E-state index is 0.00272. The smallest absolute Gasteiger partial charge is 0.412 e. The number of rotatable bonds is 5. The standard InChI is InChI=1S/C23H20F3N3O5/c1-34-15-5-2-12(3-6-15)19(23(24,25)26)28-20(31)13-4-7-16-14(10-13)11-29(22(16)33)17-8-9-18(30)27-21(17)32/h2-7,10,17,19H,8-9,11H2,1H3,(H,28,31)(H,27,30,32)/t17?,19-/m1/s1. The van der Waals surface area contributed by atoms with Crippen LogP contribution in [0.15, 0.2) is 42.5 Å². The lowest BCUT2D eigenvalue weighted by Crippen LogP contribution is -2.52. The molecule has 8 nitrogen and oxygen atoms in total. The molecule has 2 aromatic rings. The number of imide groups is 1. The molecule has 2 aliphatic rings. The van der Waals surface area contributed by atoms with Gasteiger partial charge in [-0.25, -0.2) is 0 Å². The van der Waals surface area contributed by atoms with Crippen LogP contribution in [0.1, 0.15) is 50.7 Å². The number of alkyl halides is 3. The Balaban J connectivity index is 1.53. The van der Waals surface area contributed by atoms with Crippen LogP contribution in [-0.2, 0) is 16.1 Å². The first kappa shape index (κ1) is 23.3. The second-order valence-electron chi connectivity index (χ2n) is 7.99. The predicted molar refractivity (Wildman–Crippen MR) is 112 cm³/mol. The first-order valence-electron chi connectivity index (χ1n) is 10.4. The number of halogens is 3. The van der Waals surface area contributed by atoms with Gasteiger partial charge in [0.15, 0.2) is 6.04 Å². The van der Waals surface area contributed by atoms with Gasteiger partial charge in [-0.1, -0.05) is 12.1 Å². The van der Waals surface area contributed by atoms with E-state index in [2.05, 4.69) is 5.32 Å². The van der Waals surface area contributed by atoms with Crippen molar-refractivity contribution in [3.8, 4) is 5.75 Å². The first-order valence-corrected chi connectivity index (χ1v) is 10.4. The monoisotopic (exact) mass is 475 g/mol. The van der Waals surface area contributed by atoms with Gasteiger partial charge in [-0.15, -0.1) is 0 Å². The number of amides is 4. The number of nitrogens with zero attached hydrogens (tertiary/aromatic N) is 1. The Hall–Kier alpha value is -3.89. The molecule has 4 amide bonds. The second kappa shape index (κ2) is 8.81. The van der Waals surface area contributed by atoms with Gasteiger partial charge >= 0.3 is 6.18 Å². The number of nitrogens with one attached hydrogen (secondary N) is 2. The average Bonchev–Trinajstić information content (AvgIpc) is 3.12. The highest BCUT2D eigenvalue weighted by molar-refractivity contribution is 6.06. The largest absolute Gasteiger partial charge is 0.497 e. The molecule has 178 valence electrons. The molecule has 4 rings (SSSR count). The number of benzene rings is 2. The van der Waals surface area contributed by atoms with Crippen molar-refractivity contribution < 1.29 is 37.1 Å².